The number of nitrogens with one attached hydrogen (secondary N) is 1. The molecule has 1 aromatic carbocycles. The number of hydrogen-bond acceptors (Lipinski definition) is 2. The molecule has 0 saturated heterocycles. The third-order valence-electron chi connectivity index (χ3n) is 3.20. The summed E-state index contributed by atoms with van der Waals surface area (Å²) in [6.45, 7) is 4.10. The normalized spacial score (nSPS) is 12.7. The molecule has 0 bridgehead atoms. The van der Waals surface area contributed by atoms with Crippen LogP contribution in [0.5, 0.6) is 0 Å². The van der Waals surface area contributed by atoms with Crippen LogP contribution in [0.3, 0.4) is 0 Å². The molecule has 1 atom stereocenters. The lowest BCUT2D eigenvalue weighted by Gasteiger charge is -2.16. The van der Waals surface area contributed by atoms with Crippen molar-refractivity contribution in [3.8, 4) is 0 Å². The van der Waals surface area contributed by atoms with Gasteiger partial charge in [-0.25, -0.2) is 0 Å². The van der Waals surface area contributed by atoms with Crippen molar-refractivity contribution in [1.82, 2.24) is 5.32 Å². The van der Waals surface area contributed by atoms with Gasteiger partial charge in [-0.2, -0.15) is 0 Å². The van der Waals surface area contributed by atoms with Crippen LogP contribution in [0.15, 0.2) is 34.9 Å². The van der Waals surface area contributed by atoms with Gasteiger partial charge in [0.05, 0.1) is 12.3 Å². The maximum absolute atomic E-state index is 6.27. The molecule has 1 N–H and O–H groups in total. The third-order valence-corrected chi connectivity index (χ3v) is 3.55. The van der Waals surface area contributed by atoms with E-state index in [1.54, 1.807) is 6.26 Å². The molecule has 2 nitrogen and oxygen atoms in total. The van der Waals surface area contributed by atoms with E-state index in [9.17, 15) is 0 Å². The molecule has 1 aromatic heterocycles. The fourth-order valence-corrected chi connectivity index (χ4v) is 2.42. The first-order chi connectivity index (χ1) is 8.61. The summed E-state index contributed by atoms with van der Waals surface area (Å²) in [4.78, 5) is 0. The first-order valence-corrected chi connectivity index (χ1v) is 6.46. The summed E-state index contributed by atoms with van der Waals surface area (Å²) in [5, 5.41) is 4.10. The molecule has 0 saturated carbocycles. The van der Waals surface area contributed by atoms with Gasteiger partial charge in [0.15, 0.2) is 0 Å². The fourth-order valence-electron chi connectivity index (χ4n) is 2.11. The van der Waals surface area contributed by atoms with Gasteiger partial charge in [-0.15, -0.1) is 0 Å². The van der Waals surface area contributed by atoms with Crippen molar-refractivity contribution in [2.45, 2.75) is 26.3 Å². The highest BCUT2D eigenvalue weighted by atomic mass is 35.5. The highest BCUT2D eigenvalue weighted by Gasteiger charge is 2.17. The monoisotopic (exact) mass is 263 g/mol. The van der Waals surface area contributed by atoms with Crippen LogP contribution in [-0.4, -0.2) is 7.05 Å². The SMILES string of the molecule is CNC(Cc1ccc(C)cc1Cl)c1occc1C. The molecule has 0 aliphatic heterocycles. The summed E-state index contributed by atoms with van der Waals surface area (Å²) in [6.07, 6.45) is 2.55. The predicted octanol–water partition coefficient (Wildman–Crippen LogP) is 4.05. The molecule has 0 aliphatic carbocycles. The van der Waals surface area contributed by atoms with E-state index in [1.807, 2.05) is 26.1 Å². The highest BCUT2D eigenvalue weighted by molar-refractivity contribution is 6.31. The summed E-state index contributed by atoms with van der Waals surface area (Å²) in [5.41, 5.74) is 3.48. The van der Waals surface area contributed by atoms with Crippen LogP contribution in [0.1, 0.15) is 28.5 Å². The molecule has 3 heteroatoms. The summed E-state index contributed by atoms with van der Waals surface area (Å²) < 4.78 is 5.55. The molecule has 1 heterocycles. The minimum atomic E-state index is 0.153. The molecule has 0 fully saturated rings. The van der Waals surface area contributed by atoms with Crippen LogP contribution in [0, 0.1) is 13.8 Å². The summed E-state index contributed by atoms with van der Waals surface area (Å²) in [7, 11) is 1.94. The Kier molecular flexibility index (Phi) is 4.10. The number of rotatable bonds is 4. The second-order valence-electron chi connectivity index (χ2n) is 4.61. The lowest BCUT2D eigenvalue weighted by molar-refractivity contribution is 0.426. The van der Waals surface area contributed by atoms with E-state index in [0.717, 1.165) is 28.3 Å². The van der Waals surface area contributed by atoms with Crippen molar-refractivity contribution < 1.29 is 4.42 Å². The van der Waals surface area contributed by atoms with Gasteiger partial charge in [-0.05, 0) is 56.1 Å². The lowest BCUT2D eigenvalue weighted by atomic mass is 10.0. The Hall–Kier alpha value is -1.25. The Labute approximate surface area is 113 Å². The summed E-state index contributed by atoms with van der Waals surface area (Å²) >= 11 is 6.27. The number of likely N-dealkylation sites (N-methyl/N-ethyl adjacent to an activating group) is 1. The van der Waals surface area contributed by atoms with E-state index in [4.69, 9.17) is 16.0 Å². The zero-order valence-electron chi connectivity index (χ0n) is 11.0. The van der Waals surface area contributed by atoms with Crippen molar-refractivity contribution in [3.05, 3.63) is 58.0 Å². The quantitative estimate of drug-likeness (QED) is 0.900. The van der Waals surface area contributed by atoms with Gasteiger partial charge in [0.2, 0.25) is 0 Å². The first-order valence-electron chi connectivity index (χ1n) is 6.08. The topological polar surface area (TPSA) is 25.2 Å². The van der Waals surface area contributed by atoms with Gasteiger partial charge in [0, 0.05) is 5.02 Å². The van der Waals surface area contributed by atoms with Gasteiger partial charge < -0.3 is 9.73 Å². The highest BCUT2D eigenvalue weighted by Crippen LogP contribution is 2.26. The number of furan rings is 1. The smallest absolute Gasteiger partial charge is 0.123 e. The van der Waals surface area contributed by atoms with E-state index < -0.39 is 0 Å². The fraction of sp³-hybridized carbons (Fsp3) is 0.333. The molecule has 0 aliphatic rings. The molecule has 96 valence electrons. The van der Waals surface area contributed by atoms with Gasteiger partial charge >= 0.3 is 0 Å². The number of benzene rings is 1. The summed E-state index contributed by atoms with van der Waals surface area (Å²) in [6, 6.07) is 8.30. The largest absolute Gasteiger partial charge is 0.467 e. The Morgan fingerprint density at radius 2 is 2.06 bits per heavy atom. The van der Waals surface area contributed by atoms with Crippen LogP contribution in [0.4, 0.5) is 0 Å². The van der Waals surface area contributed by atoms with Crippen LogP contribution >= 0.6 is 11.6 Å². The Bertz CT molecular complexity index is 533. The van der Waals surface area contributed by atoms with Gasteiger partial charge in [0.1, 0.15) is 5.76 Å². The molecular formula is C15H18ClNO. The first kappa shape index (κ1) is 13.2. The zero-order valence-corrected chi connectivity index (χ0v) is 11.7. The minimum absolute atomic E-state index is 0.153. The number of halogens is 1. The van der Waals surface area contributed by atoms with Gasteiger partial charge in [-0.3, -0.25) is 0 Å². The molecule has 1 unspecified atom stereocenters. The van der Waals surface area contributed by atoms with Crippen molar-refractivity contribution in [2.24, 2.45) is 0 Å². The summed E-state index contributed by atoms with van der Waals surface area (Å²) in [5.74, 6) is 0.981. The standard InChI is InChI=1S/C15H18ClNO/c1-10-4-5-12(13(16)8-10)9-14(17-3)15-11(2)6-7-18-15/h4-8,14,17H,9H2,1-3H3. The molecule has 2 aromatic rings. The molecule has 2 rings (SSSR count). The Balaban J connectivity index is 2.23. The Morgan fingerprint density at radius 3 is 2.61 bits per heavy atom. The maximum atomic E-state index is 6.27. The van der Waals surface area contributed by atoms with E-state index in [2.05, 4.69) is 24.4 Å². The van der Waals surface area contributed by atoms with Crippen molar-refractivity contribution >= 4 is 11.6 Å². The van der Waals surface area contributed by atoms with Crippen LogP contribution in [0.25, 0.3) is 0 Å². The van der Waals surface area contributed by atoms with E-state index >= 15 is 0 Å². The van der Waals surface area contributed by atoms with Crippen LogP contribution < -0.4 is 5.32 Å². The average Bonchev–Trinajstić information content (AvgIpc) is 2.75. The van der Waals surface area contributed by atoms with E-state index in [-0.39, 0.29) is 6.04 Å². The number of hydrogen-bond donors (Lipinski definition) is 1. The second kappa shape index (κ2) is 5.59. The van der Waals surface area contributed by atoms with Crippen LogP contribution in [0.2, 0.25) is 5.02 Å². The number of aryl methyl sites for hydroxylation is 2. The minimum Gasteiger partial charge on any atom is -0.467 e. The van der Waals surface area contributed by atoms with Crippen molar-refractivity contribution in [3.63, 3.8) is 0 Å². The third kappa shape index (κ3) is 2.77. The lowest BCUT2D eigenvalue weighted by Crippen LogP contribution is -2.19. The van der Waals surface area contributed by atoms with Crippen molar-refractivity contribution in [2.75, 3.05) is 7.05 Å². The zero-order chi connectivity index (χ0) is 13.1. The van der Waals surface area contributed by atoms with Gasteiger partial charge in [-0.1, -0.05) is 23.7 Å². The molecule has 18 heavy (non-hydrogen) atoms. The Morgan fingerprint density at radius 1 is 1.28 bits per heavy atom. The van der Waals surface area contributed by atoms with E-state index in [1.165, 1.54) is 5.56 Å². The average molecular weight is 264 g/mol. The molecule has 0 radical (unpaired) electrons. The second-order valence-corrected chi connectivity index (χ2v) is 5.02. The molecular weight excluding hydrogens is 246 g/mol. The predicted molar refractivity (Wildman–Crippen MR) is 75.1 cm³/mol. The maximum Gasteiger partial charge on any atom is 0.123 e. The van der Waals surface area contributed by atoms with Gasteiger partial charge in [0.25, 0.3) is 0 Å². The molecule has 0 amide bonds. The van der Waals surface area contributed by atoms with E-state index in [0.29, 0.717) is 0 Å². The van der Waals surface area contributed by atoms with Crippen molar-refractivity contribution in [1.29, 1.82) is 0 Å². The van der Waals surface area contributed by atoms with Crippen LogP contribution in [-0.2, 0) is 6.42 Å². The molecule has 0 spiro atoms.